The average molecular weight is 522 g/mol. The molecule has 1 aliphatic rings. The van der Waals surface area contributed by atoms with E-state index in [2.05, 4.69) is 11.4 Å². The Hall–Kier alpha value is -3.98. The van der Waals surface area contributed by atoms with Crippen LogP contribution in [0.3, 0.4) is 0 Å². The maximum absolute atomic E-state index is 14.0. The second-order valence-corrected chi connectivity index (χ2v) is 8.63. The maximum Gasteiger partial charge on any atom is 0.490 e. The predicted molar refractivity (Wildman–Crippen MR) is 125 cm³/mol. The van der Waals surface area contributed by atoms with Gasteiger partial charge < -0.3 is 21.9 Å². The molecule has 2 aromatic rings. The highest BCUT2D eigenvalue weighted by atomic mass is 19.4. The van der Waals surface area contributed by atoms with E-state index in [0.29, 0.717) is 24.8 Å². The van der Waals surface area contributed by atoms with Crippen molar-refractivity contribution in [2.45, 2.75) is 56.3 Å². The normalized spacial score (nSPS) is 15.4. The van der Waals surface area contributed by atoms with Gasteiger partial charge in [-0.1, -0.05) is 49.6 Å². The highest BCUT2D eigenvalue weighted by Crippen LogP contribution is 2.26. The molecule has 0 spiro atoms. The number of hydrogen-bond acceptors (Lipinski definition) is 5. The van der Waals surface area contributed by atoms with Gasteiger partial charge in [-0.05, 0) is 41.7 Å². The topological polar surface area (TPSA) is 159 Å². The minimum absolute atomic E-state index is 0.154. The van der Waals surface area contributed by atoms with Crippen LogP contribution >= 0.6 is 0 Å². The van der Waals surface area contributed by atoms with Crippen LogP contribution in [0.2, 0.25) is 0 Å². The van der Waals surface area contributed by atoms with Crippen LogP contribution in [0.25, 0.3) is 11.1 Å². The van der Waals surface area contributed by atoms with Crippen molar-refractivity contribution in [1.82, 2.24) is 5.32 Å². The number of alkyl halides is 3. The smallest absolute Gasteiger partial charge is 0.475 e. The van der Waals surface area contributed by atoms with Gasteiger partial charge in [-0.15, -0.1) is 0 Å². The molecule has 1 saturated carbocycles. The molecule has 6 N–H and O–H groups in total. The highest BCUT2D eigenvalue weighted by molar-refractivity contribution is 5.93. The summed E-state index contributed by atoms with van der Waals surface area (Å²) in [7, 11) is 0. The second-order valence-electron chi connectivity index (χ2n) is 8.63. The summed E-state index contributed by atoms with van der Waals surface area (Å²) in [6, 6.07) is 12.9. The summed E-state index contributed by atoms with van der Waals surface area (Å²) >= 11 is 0. The van der Waals surface area contributed by atoms with Crippen molar-refractivity contribution in [2.24, 2.45) is 11.5 Å². The fourth-order valence-electron chi connectivity index (χ4n) is 3.80. The van der Waals surface area contributed by atoms with Gasteiger partial charge in [0.2, 0.25) is 5.91 Å². The maximum atomic E-state index is 14.0. The van der Waals surface area contributed by atoms with Crippen LogP contribution in [0.15, 0.2) is 42.5 Å². The van der Waals surface area contributed by atoms with Crippen molar-refractivity contribution in [3.8, 4) is 17.2 Å². The minimum Gasteiger partial charge on any atom is -0.475 e. The number of nitrogens with zero attached hydrogens (tertiary/aromatic N) is 1. The molecule has 2 amide bonds. The molecule has 2 aromatic carbocycles. The van der Waals surface area contributed by atoms with Crippen molar-refractivity contribution in [2.75, 3.05) is 0 Å². The summed E-state index contributed by atoms with van der Waals surface area (Å²) < 4.78 is 45.7. The number of rotatable bonds is 6. The van der Waals surface area contributed by atoms with E-state index in [-0.39, 0.29) is 11.5 Å². The molecule has 0 bridgehead atoms. The van der Waals surface area contributed by atoms with Crippen molar-refractivity contribution >= 4 is 17.8 Å². The number of nitriles is 1. The Labute approximate surface area is 210 Å². The van der Waals surface area contributed by atoms with Crippen molar-refractivity contribution in [1.29, 1.82) is 5.26 Å². The lowest BCUT2D eigenvalue weighted by atomic mass is 9.81. The SMILES string of the molecule is N#C[C@H](Cc1ccc(-c2ccc(C(N)=O)c(F)c2)cc1)NC(=O)C1(N)CCCCC1.O=C(O)C(F)(F)F. The van der Waals surface area contributed by atoms with Gasteiger partial charge in [0.1, 0.15) is 11.9 Å². The predicted octanol–water partition coefficient (Wildman–Crippen LogP) is 3.44. The first-order valence-corrected chi connectivity index (χ1v) is 11.2. The van der Waals surface area contributed by atoms with E-state index < -0.39 is 35.5 Å². The third-order valence-corrected chi connectivity index (χ3v) is 5.86. The number of primary amides is 1. The lowest BCUT2D eigenvalue weighted by Crippen LogP contribution is -2.57. The Kier molecular flexibility index (Phi) is 9.74. The molecule has 8 nitrogen and oxygen atoms in total. The largest absolute Gasteiger partial charge is 0.490 e. The van der Waals surface area contributed by atoms with Gasteiger partial charge in [-0.25, -0.2) is 9.18 Å². The second kappa shape index (κ2) is 12.3. The minimum atomic E-state index is -5.08. The Morgan fingerprint density at radius 1 is 1.05 bits per heavy atom. The number of carbonyl (C=O) groups is 3. The Morgan fingerprint density at radius 2 is 1.59 bits per heavy atom. The first kappa shape index (κ1) is 29.3. The van der Waals surface area contributed by atoms with Gasteiger partial charge in [0, 0.05) is 6.42 Å². The quantitative estimate of drug-likeness (QED) is 0.425. The zero-order chi connectivity index (χ0) is 27.8. The lowest BCUT2D eigenvalue weighted by Gasteiger charge is -2.32. The Balaban J connectivity index is 0.000000604. The molecule has 0 heterocycles. The number of carboxylic acids is 1. The monoisotopic (exact) mass is 522 g/mol. The fraction of sp³-hybridized carbons (Fsp3) is 0.360. The van der Waals surface area contributed by atoms with Gasteiger partial charge in [0.15, 0.2) is 0 Å². The summed E-state index contributed by atoms with van der Waals surface area (Å²) in [5, 5.41) is 19.4. The van der Waals surface area contributed by atoms with Crippen LogP contribution in [-0.2, 0) is 16.0 Å². The molecular formula is C25H26F4N4O4. The zero-order valence-electron chi connectivity index (χ0n) is 19.6. The summed E-state index contributed by atoms with van der Waals surface area (Å²) in [5.41, 5.74) is 12.6. The van der Waals surface area contributed by atoms with E-state index in [1.807, 2.05) is 12.1 Å². The first-order chi connectivity index (χ1) is 17.3. The summed E-state index contributed by atoms with van der Waals surface area (Å²) in [6.07, 6.45) is -0.552. The molecule has 1 aliphatic carbocycles. The number of aliphatic carboxylic acids is 1. The van der Waals surface area contributed by atoms with Crippen molar-refractivity contribution in [3.63, 3.8) is 0 Å². The van der Waals surface area contributed by atoms with Crippen molar-refractivity contribution in [3.05, 3.63) is 59.4 Å². The Bertz CT molecular complexity index is 1170. The number of benzene rings is 2. The molecule has 198 valence electrons. The Morgan fingerprint density at radius 3 is 2.05 bits per heavy atom. The molecule has 0 unspecified atom stereocenters. The summed E-state index contributed by atoms with van der Waals surface area (Å²) in [4.78, 5) is 32.6. The average Bonchev–Trinajstić information content (AvgIpc) is 2.84. The first-order valence-electron chi connectivity index (χ1n) is 11.2. The number of halogens is 4. The molecule has 0 aliphatic heterocycles. The van der Waals surface area contributed by atoms with E-state index in [9.17, 15) is 32.4 Å². The molecule has 12 heteroatoms. The van der Waals surface area contributed by atoms with Gasteiger partial charge in [0.25, 0.3) is 5.91 Å². The number of nitrogens with one attached hydrogen (secondary N) is 1. The zero-order valence-corrected chi connectivity index (χ0v) is 19.6. The van der Waals surface area contributed by atoms with Crippen LogP contribution in [-0.4, -0.2) is 40.6 Å². The van der Waals surface area contributed by atoms with E-state index >= 15 is 0 Å². The number of nitrogens with two attached hydrogens (primary N) is 2. The van der Waals surface area contributed by atoms with Gasteiger partial charge in [0.05, 0.1) is 17.2 Å². The molecule has 0 radical (unpaired) electrons. The number of carbonyl (C=O) groups excluding carboxylic acids is 2. The number of amides is 2. The third-order valence-electron chi connectivity index (χ3n) is 5.86. The molecule has 37 heavy (non-hydrogen) atoms. The molecule has 1 fully saturated rings. The van der Waals surface area contributed by atoms with E-state index in [0.717, 1.165) is 30.4 Å². The number of carboxylic acid groups (broad SMARTS) is 1. The van der Waals surface area contributed by atoms with Crippen LogP contribution in [0.4, 0.5) is 17.6 Å². The molecule has 3 rings (SSSR count). The lowest BCUT2D eigenvalue weighted by molar-refractivity contribution is -0.192. The van der Waals surface area contributed by atoms with Crippen LogP contribution < -0.4 is 16.8 Å². The highest BCUT2D eigenvalue weighted by Gasteiger charge is 2.38. The van der Waals surface area contributed by atoms with Gasteiger partial charge in [-0.3, -0.25) is 9.59 Å². The van der Waals surface area contributed by atoms with E-state index in [1.165, 1.54) is 12.1 Å². The van der Waals surface area contributed by atoms with Gasteiger partial charge in [-0.2, -0.15) is 18.4 Å². The summed E-state index contributed by atoms with van der Waals surface area (Å²) in [6.45, 7) is 0. The van der Waals surface area contributed by atoms with E-state index in [1.54, 1.807) is 18.2 Å². The molecule has 0 saturated heterocycles. The molecular weight excluding hydrogens is 496 g/mol. The van der Waals surface area contributed by atoms with Crippen LogP contribution in [0.5, 0.6) is 0 Å². The molecule has 1 atom stereocenters. The standard InChI is InChI=1S/C23H25FN4O2.C2HF3O2/c24-20-13-17(8-9-19(20)21(26)29)16-6-4-15(5-7-16)12-18(14-25)28-22(30)23(27)10-2-1-3-11-23;3-2(4,5)1(6)7/h4-9,13,18H,1-3,10-12,27H2,(H2,26,29)(H,28,30);(H,6,7)/t18-;/m0./s1. The van der Waals surface area contributed by atoms with Crippen LogP contribution in [0, 0.1) is 17.1 Å². The summed E-state index contributed by atoms with van der Waals surface area (Å²) in [5.74, 6) is -4.51. The van der Waals surface area contributed by atoms with E-state index in [4.69, 9.17) is 21.4 Å². The fourth-order valence-corrected chi connectivity index (χ4v) is 3.80. The van der Waals surface area contributed by atoms with Crippen LogP contribution in [0.1, 0.15) is 48.0 Å². The van der Waals surface area contributed by atoms with Gasteiger partial charge >= 0.3 is 12.1 Å². The third kappa shape index (κ3) is 8.28. The number of hydrogen-bond donors (Lipinski definition) is 4. The van der Waals surface area contributed by atoms with Crippen molar-refractivity contribution < 1.29 is 37.1 Å². The molecule has 0 aromatic heterocycles.